The quantitative estimate of drug-likeness (QED) is 0.249. The minimum Gasteiger partial charge on any atom is -0.469 e. The zero-order valence-corrected chi connectivity index (χ0v) is 18.3. The van der Waals surface area contributed by atoms with E-state index in [9.17, 15) is 9.59 Å². The zero-order chi connectivity index (χ0) is 20.9. The van der Waals surface area contributed by atoms with E-state index in [1.165, 1.54) is 18.4 Å². The average molecular weight is 413 g/mol. The smallest absolute Gasteiger partial charge is 0.350 e. The van der Waals surface area contributed by atoms with E-state index >= 15 is 0 Å². The number of rotatable bonds is 11. The molecule has 2 N–H and O–H groups in total. The first-order chi connectivity index (χ1) is 13.4. The number of carbonyl (C=O) groups is 2. The number of hydrogen-bond acceptors (Lipinski definition) is 7. The predicted octanol–water partition coefficient (Wildman–Crippen LogP) is 2.98. The number of unbranched alkanes of at least 4 members (excludes halogenated alkanes) is 2. The van der Waals surface area contributed by atoms with Gasteiger partial charge in [-0.2, -0.15) is 0 Å². The molecule has 0 saturated carbocycles. The van der Waals surface area contributed by atoms with Crippen molar-refractivity contribution in [2.75, 3.05) is 26.8 Å². The van der Waals surface area contributed by atoms with Gasteiger partial charge in [0, 0.05) is 19.5 Å². The lowest BCUT2D eigenvalue weighted by molar-refractivity contribution is -0.140. The molecule has 158 valence electrons. The third kappa shape index (κ3) is 8.24. The van der Waals surface area contributed by atoms with Gasteiger partial charge in [-0.15, -0.1) is 11.3 Å². The number of guanidine groups is 1. The molecular formula is C19H32N4O4S. The van der Waals surface area contributed by atoms with E-state index < -0.39 is 0 Å². The molecule has 1 aromatic rings. The van der Waals surface area contributed by atoms with Crippen LogP contribution >= 0.6 is 11.3 Å². The maximum Gasteiger partial charge on any atom is 0.350 e. The Hall–Kier alpha value is -2.16. The standard InChI is InChI=1S/C19H32N4O4S/c1-6-20-19(21-12-10-8-9-11-15(24)26-5)23-14(4)17-22-13(3)16(28-17)18(25)27-7-2/h14H,6-12H2,1-5H3,(H2,20,21,23). The number of hydrogen-bond donors (Lipinski definition) is 2. The van der Waals surface area contributed by atoms with Crippen molar-refractivity contribution in [2.24, 2.45) is 4.99 Å². The molecule has 0 amide bonds. The molecule has 0 spiro atoms. The highest BCUT2D eigenvalue weighted by Crippen LogP contribution is 2.24. The molecule has 0 aromatic carbocycles. The number of methoxy groups -OCH3 is 1. The van der Waals surface area contributed by atoms with Gasteiger partial charge in [-0.25, -0.2) is 9.78 Å². The summed E-state index contributed by atoms with van der Waals surface area (Å²) in [4.78, 5) is 32.7. The average Bonchev–Trinajstić information content (AvgIpc) is 3.06. The van der Waals surface area contributed by atoms with Gasteiger partial charge in [0.15, 0.2) is 5.96 Å². The molecule has 1 heterocycles. The minimum atomic E-state index is -0.330. The van der Waals surface area contributed by atoms with E-state index in [1.807, 2.05) is 20.8 Å². The molecule has 8 nitrogen and oxygen atoms in total. The molecule has 0 bridgehead atoms. The molecular weight excluding hydrogens is 380 g/mol. The van der Waals surface area contributed by atoms with E-state index in [0.29, 0.717) is 36.1 Å². The van der Waals surface area contributed by atoms with Crippen LogP contribution in [0.15, 0.2) is 4.99 Å². The normalized spacial score (nSPS) is 12.4. The van der Waals surface area contributed by atoms with Crippen molar-refractivity contribution in [2.45, 2.75) is 59.4 Å². The summed E-state index contributed by atoms with van der Waals surface area (Å²) in [5.41, 5.74) is 0.680. The number of aryl methyl sites for hydroxylation is 1. The Bertz CT molecular complexity index is 660. The minimum absolute atomic E-state index is 0.0935. The van der Waals surface area contributed by atoms with Crippen LogP contribution in [0.5, 0.6) is 0 Å². The predicted molar refractivity (Wildman–Crippen MR) is 111 cm³/mol. The van der Waals surface area contributed by atoms with E-state index in [0.717, 1.165) is 30.8 Å². The Morgan fingerprint density at radius 2 is 2.00 bits per heavy atom. The van der Waals surface area contributed by atoms with Crippen LogP contribution in [-0.4, -0.2) is 49.7 Å². The first kappa shape index (κ1) is 23.9. The fourth-order valence-corrected chi connectivity index (χ4v) is 3.39. The Balaban J connectivity index is 2.59. The van der Waals surface area contributed by atoms with Crippen molar-refractivity contribution in [3.8, 4) is 0 Å². The lowest BCUT2D eigenvalue weighted by Crippen LogP contribution is -2.38. The van der Waals surface area contributed by atoms with Crippen molar-refractivity contribution in [3.63, 3.8) is 0 Å². The van der Waals surface area contributed by atoms with E-state index in [-0.39, 0.29) is 18.0 Å². The zero-order valence-electron chi connectivity index (χ0n) is 17.5. The molecule has 1 rings (SSSR count). The van der Waals surface area contributed by atoms with Crippen LogP contribution in [0.25, 0.3) is 0 Å². The summed E-state index contributed by atoms with van der Waals surface area (Å²) >= 11 is 1.34. The van der Waals surface area contributed by atoms with E-state index in [2.05, 4.69) is 25.3 Å². The highest BCUT2D eigenvalue weighted by Gasteiger charge is 2.20. The van der Waals surface area contributed by atoms with Crippen LogP contribution in [0.2, 0.25) is 0 Å². The summed E-state index contributed by atoms with van der Waals surface area (Å²) in [6.45, 7) is 9.33. The summed E-state index contributed by atoms with van der Waals surface area (Å²) in [5, 5.41) is 7.35. The van der Waals surface area contributed by atoms with Crippen LogP contribution in [0, 0.1) is 6.92 Å². The van der Waals surface area contributed by atoms with Crippen molar-refractivity contribution >= 4 is 29.2 Å². The fourth-order valence-electron chi connectivity index (χ4n) is 2.43. The molecule has 9 heteroatoms. The van der Waals surface area contributed by atoms with Gasteiger partial charge in [0.2, 0.25) is 0 Å². The summed E-state index contributed by atoms with van der Waals surface area (Å²) in [7, 11) is 1.40. The molecule has 1 atom stereocenters. The molecule has 0 aliphatic carbocycles. The summed E-state index contributed by atoms with van der Waals surface area (Å²) in [6.07, 6.45) is 3.06. The van der Waals surface area contributed by atoms with Crippen molar-refractivity contribution < 1.29 is 19.1 Å². The Morgan fingerprint density at radius 1 is 1.25 bits per heavy atom. The van der Waals surface area contributed by atoms with Crippen LogP contribution in [-0.2, 0) is 14.3 Å². The van der Waals surface area contributed by atoms with Gasteiger partial charge < -0.3 is 20.1 Å². The number of aromatic nitrogens is 1. The molecule has 0 aliphatic heterocycles. The first-order valence-corrected chi connectivity index (χ1v) is 10.5. The highest BCUT2D eigenvalue weighted by molar-refractivity contribution is 7.13. The maximum absolute atomic E-state index is 12.0. The van der Waals surface area contributed by atoms with Crippen LogP contribution in [0.4, 0.5) is 0 Å². The molecule has 0 aliphatic rings. The van der Waals surface area contributed by atoms with Crippen molar-refractivity contribution in [1.82, 2.24) is 15.6 Å². The first-order valence-electron chi connectivity index (χ1n) is 9.68. The molecule has 0 fully saturated rings. The van der Waals surface area contributed by atoms with Gasteiger partial charge in [0.25, 0.3) is 0 Å². The second-order valence-electron chi connectivity index (χ2n) is 6.20. The number of carbonyl (C=O) groups excluding carboxylic acids is 2. The number of nitrogens with zero attached hydrogens (tertiary/aromatic N) is 2. The second kappa shape index (κ2) is 13.1. The number of nitrogens with one attached hydrogen (secondary N) is 2. The third-order valence-electron chi connectivity index (χ3n) is 3.88. The van der Waals surface area contributed by atoms with Gasteiger partial charge in [0.1, 0.15) is 9.88 Å². The molecule has 28 heavy (non-hydrogen) atoms. The monoisotopic (exact) mass is 412 g/mol. The second-order valence-corrected chi connectivity index (χ2v) is 7.23. The number of aliphatic imine (C=N–C) groups is 1. The summed E-state index contributed by atoms with van der Waals surface area (Å²) < 4.78 is 9.71. The summed E-state index contributed by atoms with van der Waals surface area (Å²) in [6, 6.07) is -0.0935. The highest BCUT2D eigenvalue weighted by atomic mass is 32.1. The van der Waals surface area contributed by atoms with E-state index in [1.54, 1.807) is 6.92 Å². The van der Waals surface area contributed by atoms with Crippen molar-refractivity contribution in [3.05, 3.63) is 15.6 Å². The number of thiazole rings is 1. The van der Waals surface area contributed by atoms with Gasteiger partial charge in [-0.3, -0.25) is 9.79 Å². The van der Waals surface area contributed by atoms with E-state index in [4.69, 9.17) is 4.74 Å². The van der Waals surface area contributed by atoms with Gasteiger partial charge in [-0.05, 0) is 40.5 Å². The van der Waals surface area contributed by atoms with Crippen LogP contribution in [0.3, 0.4) is 0 Å². The van der Waals surface area contributed by atoms with Crippen molar-refractivity contribution in [1.29, 1.82) is 0 Å². The van der Waals surface area contributed by atoms with Crippen LogP contribution in [0.1, 0.15) is 72.9 Å². The third-order valence-corrected chi connectivity index (χ3v) is 5.20. The molecule has 0 saturated heterocycles. The van der Waals surface area contributed by atoms with Gasteiger partial charge in [-0.1, -0.05) is 6.42 Å². The molecule has 0 radical (unpaired) electrons. The van der Waals surface area contributed by atoms with Crippen LogP contribution < -0.4 is 10.6 Å². The van der Waals surface area contributed by atoms with Gasteiger partial charge >= 0.3 is 11.9 Å². The number of ether oxygens (including phenoxy) is 2. The maximum atomic E-state index is 12.0. The molecule has 1 unspecified atom stereocenters. The lowest BCUT2D eigenvalue weighted by Gasteiger charge is -2.16. The largest absolute Gasteiger partial charge is 0.469 e. The fraction of sp³-hybridized carbons (Fsp3) is 0.684. The Labute approximate surface area is 171 Å². The SMILES string of the molecule is CCNC(=NCCCCCC(=O)OC)NC(C)c1nc(C)c(C(=O)OCC)s1. The lowest BCUT2D eigenvalue weighted by atomic mass is 10.2. The van der Waals surface area contributed by atoms with Gasteiger partial charge in [0.05, 0.1) is 25.5 Å². The Morgan fingerprint density at radius 3 is 2.64 bits per heavy atom. The number of esters is 2. The molecule has 1 aromatic heterocycles. The topological polar surface area (TPSA) is 102 Å². The Kier molecular flexibility index (Phi) is 11.2. The summed E-state index contributed by atoms with van der Waals surface area (Å²) in [5.74, 6) is 0.199.